The minimum Gasteiger partial charge on any atom is -0.277 e. The lowest BCUT2D eigenvalue weighted by Crippen LogP contribution is -2.70. The first-order chi connectivity index (χ1) is 9.16. The second-order valence-corrected chi connectivity index (χ2v) is 5.39. The molecule has 0 aromatic heterocycles. The highest BCUT2D eigenvalue weighted by atomic mass is 28.4. The molecule has 0 aliphatic heterocycles. The average Bonchev–Trinajstić information content (AvgIpc) is 2.08. The maximum atomic E-state index is 13.1. The standard InChI is InChI=1S/C5F14O2Si/c6-1(7,2(8,9)10)3(11,12)22(19,20-4(13,14)15)21-5(16,17)18. The van der Waals surface area contributed by atoms with Gasteiger partial charge in [0.05, 0.1) is 0 Å². The van der Waals surface area contributed by atoms with Crippen LogP contribution in [0.25, 0.3) is 0 Å². The monoisotopic (exact) mass is 386 g/mol. The molecule has 0 bridgehead atoms. The molecule has 0 saturated heterocycles. The molecule has 0 unspecified atom stereocenters. The first-order valence-corrected chi connectivity index (χ1v) is 5.91. The van der Waals surface area contributed by atoms with Crippen LogP contribution in [0.5, 0.6) is 0 Å². The summed E-state index contributed by atoms with van der Waals surface area (Å²) in [6, 6.07) is 0. The van der Waals surface area contributed by atoms with E-state index < -0.39 is 39.3 Å². The first kappa shape index (κ1) is 21.2. The summed E-state index contributed by atoms with van der Waals surface area (Å²) in [4.78, 5) is 0. The molecule has 0 rings (SSSR count). The molecule has 0 aromatic carbocycles. The van der Waals surface area contributed by atoms with Crippen LogP contribution in [0, 0.1) is 0 Å². The summed E-state index contributed by atoms with van der Waals surface area (Å²) in [5, 5.41) is 0. The van der Waals surface area contributed by atoms with Gasteiger partial charge in [-0.2, -0.15) is 30.7 Å². The third-order valence-corrected chi connectivity index (χ3v) is 3.67. The minimum absolute atomic E-state index is 1.55. The topological polar surface area (TPSA) is 18.5 Å². The maximum absolute atomic E-state index is 13.1. The summed E-state index contributed by atoms with van der Waals surface area (Å²) < 4.78 is 171. The zero-order chi connectivity index (χ0) is 18.4. The van der Waals surface area contributed by atoms with E-state index in [1.54, 1.807) is 8.85 Å². The molecule has 0 aliphatic carbocycles. The van der Waals surface area contributed by atoms with E-state index in [0.717, 1.165) is 0 Å². The van der Waals surface area contributed by atoms with Crippen molar-refractivity contribution >= 4 is 8.89 Å². The van der Waals surface area contributed by atoms with E-state index in [4.69, 9.17) is 0 Å². The maximum Gasteiger partial charge on any atom is 0.632 e. The lowest BCUT2D eigenvalue weighted by molar-refractivity contribution is -0.375. The predicted octanol–water partition coefficient (Wildman–Crippen LogP) is 4.34. The van der Waals surface area contributed by atoms with Gasteiger partial charge in [-0.15, -0.1) is 26.3 Å². The van der Waals surface area contributed by atoms with Gasteiger partial charge in [0, 0.05) is 0 Å². The van der Waals surface area contributed by atoms with E-state index in [-0.39, 0.29) is 0 Å². The molecule has 0 spiro atoms. The zero-order valence-electron chi connectivity index (χ0n) is 9.11. The van der Waals surface area contributed by atoms with Gasteiger partial charge in [-0.05, 0) is 0 Å². The molecular weight excluding hydrogens is 386 g/mol. The van der Waals surface area contributed by atoms with Crippen LogP contribution in [0.1, 0.15) is 0 Å². The van der Waals surface area contributed by atoms with Crippen molar-refractivity contribution in [1.29, 1.82) is 0 Å². The van der Waals surface area contributed by atoms with Crippen LogP contribution in [-0.2, 0) is 8.85 Å². The highest BCUT2D eigenvalue weighted by Crippen LogP contribution is 2.53. The van der Waals surface area contributed by atoms with Gasteiger partial charge in [0.1, 0.15) is 0 Å². The number of hydrogen-bond acceptors (Lipinski definition) is 2. The lowest BCUT2D eigenvalue weighted by atomic mass is 10.3. The molecular formula is C5F14O2Si. The number of halogens is 14. The number of rotatable bonds is 4. The van der Waals surface area contributed by atoms with Crippen LogP contribution in [0.15, 0.2) is 0 Å². The normalized spacial score (nSPS) is 16.1. The summed E-state index contributed by atoms with van der Waals surface area (Å²) in [5.74, 6) is -7.64. The van der Waals surface area contributed by atoms with Crippen molar-refractivity contribution in [1.82, 2.24) is 0 Å². The molecule has 0 amide bonds. The number of alkyl halides is 13. The fraction of sp³-hybridized carbons (Fsp3) is 1.00. The van der Waals surface area contributed by atoms with Gasteiger partial charge in [0.25, 0.3) is 0 Å². The Hall–Kier alpha value is -0.843. The third kappa shape index (κ3) is 4.34. The Labute approximate surface area is 111 Å². The molecule has 0 atom stereocenters. The van der Waals surface area contributed by atoms with Crippen molar-refractivity contribution in [3.63, 3.8) is 0 Å². The molecule has 0 radical (unpaired) electrons. The van der Waals surface area contributed by atoms with Crippen molar-refractivity contribution in [2.45, 2.75) is 30.4 Å². The Morgan fingerprint density at radius 1 is 0.545 bits per heavy atom. The third-order valence-electron chi connectivity index (χ3n) is 1.62. The lowest BCUT2D eigenvalue weighted by Gasteiger charge is -2.35. The van der Waals surface area contributed by atoms with Crippen molar-refractivity contribution in [3.05, 3.63) is 0 Å². The number of hydrogen-bond donors (Lipinski definition) is 0. The van der Waals surface area contributed by atoms with Crippen LogP contribution in [0.3, 0.4) is 0 Å². The summed E-state index contributed by atoms with van der Waals surface area (Å²) in [7, 11) is -9.05. The Morgan fingerprint density at radius 3 is 1.00 bits per heavy atom. The van der Waals surface area contributed by atoms with Crippen LogP contribution in [0.2, 0.25) is 0 Å². The molecule has 0 N–H and O–H groups in total. The summed E-state index contributed by atoms with van der Waals surface area (Å²) in [5.41, 5.74) is -7.62. The highest BCUT2D eigenvalue weighted by Gasteiger charge is 2.88. The molecule has 17 heteroatoms. The molecule has 2 nitrogen and oxygen atoms in total. The SMILES string of the molecule is FC(F)(F)O[Si](F)(OC(F)(F)F)C(F)(F)C(F)(F)C(F)(F)F. The van der Waals surface area contributed by atoms with E-state index in [2.05, 4.69) is 0 Å². The van der Waals surface area contributed by atoms with Gasteiger partial charge >= 0.3 is 39.3 Å². The Morgan fingerprint density at radius 2 is 0.818 bits per heavy atom. The molecule has 0 aliphatic rings. The molecule has 0 heterocycles. The second-order valence-electron chi connectivity index (χ2n) is 3.28. The van der Waals surface area contributed by atoms with Crippen LogP contribution in [0.4, 0.5) is 61.2 Å². The van der Waals surface area contributed by atoms with Crippen molar-refractivity contribution in [2.24, 2.45) is 0 Å². The van der Waals surface area contributed by atoms with Gasteiger partial charge in [-0.25, -0.2) is 4.11 Å². The van der Waals surface area contributed by atoms with E-state index in [0.29, 0.717) is 0 Å². The van der Waals surface area contributed by atoms with Gasteiger partial charge < -0.3 is 0 Å². The summed E-state index contributed by atoms with van der Waals surface area (Å²) >= 11 is 0. The zero-order valence-corrected chi connectivity index (χ0v) is 10.1. The Kier molecular flexibility index (Phi) is 5.15. The average molecular weight is 386 g/mol. The van der Waals surface area contributed by atoms with Crippen molar-refractivity contribution in [3.8, 4) is 0 Å². The quantitative estimate of drug-likeness (QED) is 0.407. The van der Waals surface area contributed by atoms with E-state index in [1.807, 2.05) is 0 Å². The van der Waals surface area contributed by atoms with Crippen molar-refractivity contribution < 1.29 is 70.0 Å². The fourth-order valence-electron chi connectivity index (χ4n) is 0.812. The molecule has 0 saturated carbocycles. The second kappa shape index (κ2) is 5.36. The summed E-state index contributed by atoms with van der Waals surface area (Å²) in [6.07, 6.45) is -20.9. The Bertz CT molecular complexity index is 376. The van der Waals surface area contributed by atoms with Gasteiger partial charge in [-0.3, -0.25) is 8.85 Å². The molecule has 0 fully saturated rings. The molecule has 0 aromatic rings. The van der Waals surface area contributed by atoms with Crippen molar-refractivity contribution in [2.75, 3.05) is 0 Å². The van der Waals surface area contributed by atoms with E-state index in [9.17, 15) is 61.2 Å². The highest BCUT2D eigenvalue weighted by molar-refractivity contribution is 6.63. The Balaban J connectivity index is 6.07. The largest absolute Gasteiger partial charge is 0.632 e. The smallest absolute Gasteiger partial charge is 0.277 e. The molecule has 134 valence electrons. The van der Waals surface area contributed by atoms with Gasteiger partial charge in [0.15, 0.2) is 0 Å². The van der Waals surface area contributed by atoms with Gasteiger partial charge in [-0.1, -0.05) is 0 Å². The van der Waals surface area contributed by atoms with Gasteiger partial charge in [0.2, 0.25) is 0 Å². The predicted molar refractivity (Wildman–Crippen MR) is 37.1 cm³/mol. The first-order valence-electron chi connectivity index (χ1n) is 4.21. The van der Waals surface area contributed by atoms with E-state index in [1.165, 1.54) is 0 Å². The van der Waals surface area contributed by atoms with Crippen LogP contribution < -0.4 is 0 Å². The fourth-order valence-corrected chi connectivity index (χ4v) is 2.22. The summed E-state index contributed by atoms with van der Waals surface area (Å²) in [6.45, 7) is 0. The van der Waals surface area contributed by atoms with Crippen LogP contribution >= 0.6 is 0 Å². The molecule has 22 heavy (non-hydrogen) atoms. The minimum atomic E-state index is -9.05. The van der Waals surface area contributed by atoms with E-state index >= 15 is 0 Å². The van der Waals surface area contributed by atoms with Crippen LogP contribution in [-0.4, -0.2) is 39.3 Å².